The molecule has 0 unspecified atom stereocenters. The van der Waals surface area contributed by atoms with E-state index in [9.17, 15) is 9.18 Å². The van der Waals surface area contributed by atoms with Crippen molar-refractivity contribution < 1.29 is 18.7 Å². The van der Waals surface area contributed by atoms with E-state index in [2.05, 4.69) is 4.99 Å². The van der Waals surface area contributed by atoms with Crippen molar-refractivity contribution >= 4 is 34.6 Å². The van der Waals surface area contributed by atoms with Crippen molar-refractivity contribution in [3.63, 3.8) is 0 Å². The summed E-state index contributed by atoms with van der Waals surface area (Å²) in [6, 6.07) is 11.4. The Morgan fingerprint density at radius 1 is 1.14 bits per heavy atom. The van der Waals surface area contributed by atoms with E-state index in [0.29, 0.717) is 40.4 Å². The van der Waals surface area contributed by atoms with E-state index in [1.165, 1.54) is 23.9 Å². The molecular formula is C21H21FN2O3S. The molecule has 28 heavy (non-hydrogen) atoms. The predicted octanol–water partition coefficient (Wildman–Crippen LogP) is 4.86. The minimum Gasteiger partial charge on any atom is -0.493 e. The summed E-state index contributed by atoms with van der Waals surface area (Å²) in [5.74, 6) is 0.837. The molecule has 7 heteroatoms. The molecule has 0 bridgehead atoms. The first-order chi connectivity index (χ1) is 13.5. The molecule has 0 saturated carbocycles. The minimum atomic E-state index is -0.323. The Kier molecular flexibility index (Phi) is 6.36. The summed E-state index contributed by atoms with van der Waals surface area (Å²) in [7, 11) is 1.59. The number of benzene rings is 2. The van der Waals surface area contributed by atoms with Crippen molar-refractivity contribution in [3.05, 3.63) is 58.8 Å². The highest BCUT2D eigenvalue weighted by molar-refractivity contribution is 8.18. The Labute approximate surface area is 167 Å². The summed E-state index contributed by atoms with van der Waals surface area (Å²) in [5, 5.41) is 0.573. The van der Waals surface area contributed by atoms with Crippen LogP contribution >= 0.6 is 11.8 Å². The molecule has 0 aliphatic carbocycles. The third-order valence-electron chi connectivity index (χ3n) is 4.04. The van der Waals surface area contributed by atoms with Gasteiger partial charge < -0.3 is 9.47 Å². The number of likely N-dealkylation sites (N-methyl/N-ethyl adjacent to an activating group) is 1. The van der Waals surface area contributed by atoms with Crippen LogP contribution in [0.15, 0.2) is 52.4 Å². The molecule has 0 atom stereocenters. The molecular weight excluding hydrogens is 379 g/mol. The zero-order valence-corrected chi connectivity index (χ0v) is 16.8. The normalized spacial score (nSPS) is 16.9. The zero-order chi connectivity index (χ0) is 20.1. The maximum Gasteiger partial charge on any atom is 0.266 e. The quantitative estimate of drug-likeness (QED) is 0.650. The van der Waals surface area contributed by atoms with Crippen molar-refractivity contribution in [2.45, 2.75) is 13.8 Å². The van der Waals surface area contributed by atoms with Gasteiger partial charge in [0.05, 0.1) is 24.3 Å². The van der Waals surface area contributed by atoms with Crippen LogP contribution < -0.4 is 9.47 Å². The van der Waals surface area contributed by atoms with Crippen LogP contribution in [0.1, 0.15) is 19.4 Å². The lowest BCUT2D eigenvalue weighted by molar-refractivity contribution is -0.122. The van der Waals surface area contributed by atoms with Gasteiger partial charge in [-0.2, -0.15) is 0 Å². The smallest absolute Gasteiger partial charge is 0.266 e. The fraction of sp³-hybridized carbons (Fsp3) is 0.238. The first-order valence-corrected chi connectivity index (χ1v) is 9.73. The van der Waals surface area contributed by atoms with Crippen LogP contribution in [0, 0.1) is 5.82 Å². The molecule has 2 aromatic rings. The van der Waals surface area contributed by atoms with E-state index < -0.39 is 0 Å². The lowest BCUT2D eigenvalue weighted by Crippen LogP contribution is -2.28. The molecule has 1 aliphatic heterocycles. The number of carbonyl (C=O) groups is 1. The molecule has 1 heterocycles. The number of methoxy groups -OCH3 is 1. The molecule has 0 spiro atoms. The van der Waals surface area contributed by atoms with Gasteiger partial charge in [0.25, 0.3) is 5.91 Å². The molecule has 1 saturated heterocycles. The monoisotopic (exact) mass is 400 g/mol. The summed E-state index contributed by atoms with van der Waals surface area (Å²) < 4.78 is 24.0. The van der Waals surface area contributed by atoms with Crippen molar-refractivity contribution in [3.8, 4) is 11.5 Å². The number of thioether (sulfide) groups is 1. The van der Waals surface area contributed by atoms with Gasteiger partial charge >= 0.3 is 0 Å². The van der Waals surface area contributed by atoms with Crippen molar-refractivity contribution in [2.24, 2.45) is 4.99 Å². The van der Waals surface area contributed by atoms with Gasteiger partial charge in [-0.1, -0.05) is 6.07 Å². The standard InChI is InChI=1S/C21H21FN2O3S/c1-4-24-20(25)19(28-21(24)23-16-9-7-15(22)8-10-16)13-14-6-11-17(26-3)18(12-14)27-5-2/h6-13H,4-5H2,1-3H3/b19-13+,23-21?. The van der Waals surface area contributed by atoms with Crippen molar-refractivity contribution in [1.82, 2.24) is 4.90 Å². The lowest BCUT2D eigenvalue weighted by Gasteiger charge is -2.12. The van der Waals surface area contributed by atoms with Crippen molar-refractivity contribution in [2.75, 3.05) is 20.3 Å². The number of halogens is 1. The zero-order valence-electron chi connectivity index (χ0n) is 15.9. The highest BCUT2D eigenvalue weighted by Crippen LogP contribution is 2.35. The molecule has 3 rings (SSSR count). The van der Waals surface area contributed by atoms with Gasteiger partial charge in [-0.05, 0) is 73.6 Å². The summed E-state index contributed by atoms with van der Waals surface area (Å²) in [6.45, 7) is 4.80. The van der Waals surface area contributed by atoms with Gasteiger partial charge in [0, 0.05) is 6.54 Å². The van der Waals surface area contributed by atoms with Crippen LogP contribution in [0.5, 0.6) is 11.5 Å². The van der Waals surface area contributed by atoms with Gasteiger partial charge in [-0.3, -0.25) is 9.69 Å². The molecule has 5 nitrogen and oxygen atoms in total. The van der Waals surface area contributed by atoms with Gasteiger partial charge in [0.1, 0.15) is 5.82 Å². The minimum absolute atomic E-state index is 0.109. The fourth-order valence-electron chi connectivity index (χ4n) is 2.70. The second-order valence-corrected chi connectivity index (χ2v) is 6.88. The second kappa shape index (κ2) is 8.93. The second-order valence-electron chi connectivity index (χ2n) is 5.87. The summed E-state index contributed by atoms with van der Waals surface area (Å²) in [5.41, 5.74) is 1.43. The summed E-state index contributed by atoms with van der Waals surface area (Å²) in [4.78, 5) is 19.4. The van der Waals surface area contributed by atoms with E-state index in [1.807, 2.05) is 38.1 Å². The Morgan fingerprint density at radius 2 is 1.89 bits per heavy atom. The summed E-state index contributed by atoms with van der Waals surface area (Å²) >= 11 is 1.30. The highest BCUT2D eigenvalue weighted by atomic mass is 32.2. The van der Waals surface area contributed by atoms with E-state index in [0.717, 1.165) is 5.56 Å². The van der Waals surface area contributed by atoms with Crippen LogP contribution in [0.2, 0.25) is 0 Å². The number of amides is 1. The maximum atomic E-state index is 13.1. The summed E-state index contributed by atoms with van der Waals surface area (Å²) in [6.07, 6.45) is 1.81. The first-order valence-electron chi connectivity index (χ1n) is 8.92. The van der Waals surface area contributed by atoms with E-state index in [-0.39, 0.29) is 11.7 Å². The van der Waals surface area contributed by atoms with Gasteiger partial charge in [-0.25, -0.2) is 9.38 Å². The third-order valence-corrected chi connectivity index (χ3v) is 5.05. The number of ether oxygens (including phenoxy) is 2. The number of rotatable bonds is 6. The Balaban J connectivity index is 1.91. The Bertz CT molecular complexity index is 926. The van der Waals surface area contributed by atoms with Crippen LogP contribution in [0.25, 0.3) is 6.08 Å². The average Bonchev–Trinajstić information content (AvgIpc) is 2.98. The van der Waals surface area contributed by atoms with Crippen LogP contribution in [-0.4, -0.2) is 36.2 Å². The third kappa shape index (κ3) is 4.36. The fourth-order valence-corrected chi connectivity index (χ4v) is 3.76. The Hall–Kier alpha value is -2.80. The number of amidine groups is 1. The molecule has 0 aromatic heterocycles. The maximum absolute atomic E-state index is 13.1. The largest absolute Gasteiger partial charge is 0.493 e. The molecule has 1 fully saturated rings. The van der Waals surface area contributed by atoms with Crippen molar-refractivity contribution in [1.29, 1.82) is 0 Å². The van der Waals surface area contributed by atoms with Gasteiger partial charge in [0.15, 0.2) is 16.7 Å². The number of aliphatic imine (C=N–C) groups is 1. The molecule has 146 valence electrons. The molecule has 0 radical (unpaired) electrons. The lowest BCUT2D eigenvalue weighted by atomic mass is 10.2. The molecule has 0 N–H and O–H groups in total. The van der Waals surface area contributed by atoms with Gasteiger partial charge in [-0.15, -0.1) is 0 Å². The molecule has 1 amide bonds. The van der Waals surface area contributed by atoms with Crippen LogP contribution in [0.3, 0.4) is 0 Å². The van der Waals surface area contributed by atoms with E-state index >= 15 is 0 Å². The molecule has 2 aromatic carbocycles. The van der Waals surface area contributed by atoms with E-state index in [4.69, 9.17) is 9.47 Å². The first kappa shape index (κ1) is 19.9. The number of carbonyl (C=O) groups excluding carboxylic acids is 1. The highest BCUT2D eigenvalue weighted by Gasteiger charge is 2.32. The SMILES string of the molecule is CCOc1cc(/C=C2/SC(=Nc3ccc(F)cc3)N(CC)C2=O)ccc1OC. The number of hydrogen-bond donors (Lipinski definition) is 0. The topological polar surface area (TPSA) is 51.1 Å². The predicted molar refractivity (Wildman–Crippen MR) is 111 cm³/mol. The van der Waals surface area contributed by atoms with E-state index in [1.54, 1.807) is 24.1 Å². The molecule has 1 aliphatic rings. The number of nitrogens with zero attached hydrogens (tertiary/aromatic N) is 2. The van der Waals surface area contributed by atoms with Crippen LogP contribution in [-0.2, 0) is 4.79 Å². The number of hydrogen-bond acceptors (Lipinski definition) is 5. The average molecular weight is 400 g/mol. The van der Waals surface area contributed by atoms with Crippen LogP contribution in [0.4, 0.5) is 10.1 Å². The van der Waals surface area contributed by atoms with Gasteiger partial charge in [0.2, 0.25) is 0 Å². The Morgan fingerprint density at radius 3 is 2.54 bits per heavy atom.